The lowest BCUT2D eigenvalue weighted by molar-refractivity contribution is -0.156. The number of carbonyl (C=O) groups excluding carboxylic acids is 2. The second-order valence-corrected chi connectivity index (χ2v) is 8.66. The van der Waals surface area contributed by atoms with Crippen LogP contribution in [0.2, 0.25) is 0 Å². The second kappa shape index (κ2) is 9.76. The van der Waals surface area contributed by atoms with Crippen molar-refractivity contribution in [2.24, 2.45) is 11.3 Å². The van der Waals surface area contributed by atoms with Crippen molar-refractivity contribution in [2.75, 3.05) is 20.1 Å². The lowest BCUT2D eigenvalue weighted by atomic mass is 9.75. The number of amides is 2. The van der Waals surface area contributed by atoms with Gasteiger partial charge in [-0.05, 0) is 30.2 Å². The molecular weight excluding hydrogens is 372 g/mol. The Morgan fingerprint density at radius 3 is 2.21 bits per heavy atom. The van der Waals surface area contributed by atoms with E-state index in [1.165, 1.54) is 7.05 Å². The molecule has 160 valence electrons. The Hall–Kier alpha value is -2.57. The van der Waals surface area contributed by atoms with Crippen LogP contribution in [-0.2, 0) is 20.9 Å². The number of nitrogens with zero attached hydrogens (tertiary/aromatic N) is 2. The number of rotatable bonds is 6. The molecular formula is C22H32N2O5. The molecule has 7 nitrogen and oxygen atoms in total. The van der Waals surface area contributed by atoms with E-state index in [0.29, 0.717) is 13.1 Å². The fraction of sp³-hybridized carbons (Fsp3) is 0.591. The maximum atomic E-state index is 13.3. The van der Waals surface area contributed by atoms with Crippen LogP contribution in [0, 0.1) is 11.3 Å². The van der Waals surface area contributed by atoms with Crippen LogP contribution in [0.3, 0.4) is 0 Å². The van der Waals surface area contributed by atoms with Crippen molar-refractivity contribution in [3.63, 3.8) is 0 Å². The average molecular weight is 405 g/mol. The average Bonchev–Trinajstić information content (AvgIpc) is 2.69. The maximum Gasteiger partial charge on any atom is 0.410 e. The summed E-state index contributed by atoms with van der Waals surface area (Å²) < 4.78 is 5.37. The second-order valence-electron chi connectivity index (χ2n) is 8.66. The van der Waals surface area contributed by atoms with E-state index in [9.17, 15) is 19.5 Å². The largest absolute Gasteiger partial charge is 0.481 e. The van der Waals surface area contributed by atoms with Gasteiger partial charge in [0, 0.05) is 20.1 Å². The van der Waals surface area contributed by atoms with Crippen molar-refractivity contribution < 1.29 is 24.2 Å². The van der Waals surface area contributed by atoms with E-state index in [1.54, 1.807) is 25.7 Å². The molecule has 29 heavy (non-hydrogen) atoms. The zero-order chi connectivity index (χ0) is 21.6. The fourth-order valence-electron chi connectivity index (χ4n) is 3.75. The molecule has 0 spiro atoms. The standard InChI is InChI=1S/C22H32N2O5/c1-22(2,3)17(20(26)27)18(19(25)24-13-9-6-10-14-24)23(4)21(28)29-15-16-11-7-5-8-12-16/h5,7-8,11-12,17-18H,6,9-10,13-15H2,1-4H3,(H,26,27)/t17?,18-/m0/s1. The van der Waals surface area contributed by atoms with Crippen LogP contribution >= 0.6 is 0 Å². The van der Waals surface area contributed by atoms with E-state index >= 15 is 0 Å². The monoisotopic (exact) mass is 404 g/mol. The highest BCUT2D eigenvalue weighted by molar-refractivity contribution is 5.91. The number of likely N-dealkylation sites (tertiary alicyclic amines) is 1. The van der Waals surface area contributed by atoms with Gasteiger partial charge in [0.2, 0.25) is 5.91 Å². The van der Waals surface area contributed by atoms with E-state index in [4.69, 9.17) is 4.74 Å². The molecule has 0 aromatic heterocycles. The highest BCUT2D eigenvalue weighted by Crippen LogP contribution is 2.33. The molecule has 0 aliphatic carbocycles. The van der Waals surface area contributed by atoms with Gasteiger partial charge in [0.1, 0.15) is 12.6 Å². The molecule has 2 amide bonds. The molecule has 1 unspecified atom stereocenters. The van der Waals surface area contributed by atoms with Crippen molar-refractivity contribution in [3.8, 4) is 0 Å². The number of benzene rings is 1. The van der Waals surface area contributed by atoms with Crippen LogP contribution in [0.5, 0.6) is 0 Å². The first-order valence-corrected chi connectivity index (χ1v) is 10.1. The number of carbonyl (C=O) groups is 3. The Bertz CT molecular complexity index is 708. The van der Waals surface area contributed by atoms with Crippen LogP contribution in [0.1, 0.15) is 45.6 Å². The topological polar surface area (TPSA) is 87.2 Å². The normalized spacial score (nSPS) is 16.6. The molecule has 1 aliphatic rings. The first kappa shape index (κ1) is 22.7. The summed E-state index contributed by atoms with van der Waals surface area (Å²) in [6, 6.07) is 8.09. The van der Waals surface area contributed by atoms with Gasteiger partial charge in [0.25, 0.3) is 0 Å². The molecule has 0 saturated carbocycles. The summed E-state index contributed by atoms with van der Waals surface area (Å²) in [5, 5.41) is 9.92. The predicted molar refractivity (Wildman–Crippen MR) is 109 cm³/mol. The minimum atomic E-state index is -1.13. The summed E-state index contributed by atoms with van der Waals surface area (Å²) in [4.78, 5) is 41.0. The number of carboxylic acids is 1. The van der Waals surface area contributed by atoms with E-state index in [0.717, 1.165) is 29.7 Å². The van der Waals surface area contributed by atoms with Gasteiger partial charge in [-0.1, -0.05) is 51.1 Å². The molecule has 7 heteroatoms. The lowest BCUT2D eigenvalue weighted by Gasteiger charge is -2.40. The highest BCUT2D eigenvalue weighted by Gasteiger charge is 2.47. The number of hydrogen-bond donors (Lipinski definition) is 1. The third kappa shape index (κ3) is 5.95. The van der Waals surface area contributed by atoms with Gasteiger partial charge in [-0.25, -0.2) is 4.79 Å². The minimum Gasteiger partial charge on any atom is -0.481 e. The van der Waals surface area contributed by atoms with Gasteiger partial charge in [0.05, 0.1) is 5.92 Å². The van der Waals surface area contributed by atoms with Gasteiger partial charge in [-0.15, -0.1) is 0 Å². The zero-order valence-corrected chi connectivity index (χ0v) is 17.8. The summed E-state index contributed by atoms with van der Waals surface area (Å²) in [6.45, 7) is 6.53. The SMILES string of the molecule is CN(C(=O)OCc1ccccc1)[C@H](C(=O)N1CCCCC1)C(C(=O)O)C(C)(C)C. The van der Waals surface area contributed by atoms with Crippen LogP contribution in [0.25, 0.3) is 0 Å². The van der Waals surface area contributed by atoms with Crippen molar-refractivity contribution in [1.29, 1.82) is 0 Å². The summed E-state index contributed by atoms with van der Waals surface area (Å²) >= 11 is 0. The number of carboxylic acid groups (broad SMARTS) is 1. The first-order chi connectivity index (χ1) is 13.6. The smallest absolute Gasteiger partial charge is 0.410 e. The molecule has 1 aliphatic heterocycles. The van der Waals surface area contributed by atoms with Crippen molar-refractivity contribution >= 4 is 18.0 Å². The molecule has 1 aromatic rings. The minimum absolute atomic E-state index is 0.0574. The fourth-order valence-corrected chi connectivity index (χ4v) is 3.75. The molecule has 1 saturated heterocycles. The summed E-state index contributed by atoms with van der Waals surface area (Å²) in [7, 11) is 1.45. The summed E-state index contributed by atoms with van der Waals surface area (Å²) in [5.74, 6) is -2.49. The molecule has 0 radical (unpaired) electrons. The van der Waals surface area contributed by atoms with Crippen LogP contribution in [0.15, 0.2) is 30.3 Å². The Morgan fingerprint density at radius 2 is 1.69 bits per heavy atom. The van der Waals surface area contributed by atoms with Crippen molar-refractivity contribution in [3.05, 3.63) is 35.9 Å². The Kier molecular flexibility index (Phi) is 7.65. The highest BCUT2D eigenvalue weighted by atomic mass is 16.6. The van der Waals surface area contributed by atoms with Crippen molar-refractivity contribution in [1.82, 2.24) is 9.80 Å². The van der Waals surface area contributed by atoms with Gasteiger partial charge in [-0.3, -0.25) is 14.5 Å². The molecule has 2 rings (SSSR count). The number of aliphatic carboxylic acids is 1. The third-order valence-corrected chi connectivity index (χ3v) is 5.35. The Morgan fingerprint density at radius 1 is 1.10 bits per heavy atom. The molecule has 0 bridgehead atoms. The summed E-state index contributed by atoms with van der Waals surface area (Å²) in [5.41, 5.74) is 0.0920. The maximum absolute atomic E-state index is 13.3. The first-order valence-electron chi connectivity index (χ1n) is 10.1. The molecule has 1 fully saturated rings. The van der Waals surface area contributed by atoms with Crippen LogP contribution < -0.4 is 0 Å². The van der Waals surface area contributed by atoms with Gasteiger partial charge in [0.15, 0.2) is 0 Å². The van der Waals surface area contributed by atoms with E-state index < -0.39 is 29.4 Å². The molecule has 1 aromatic carbocycles. The number of likely N-dealkylation sites (N-methyl/N-ethyl adjacent to an activating group) is 1. The summed E-state index contributed by atoms with van der Waals surface area (Å²) in [6.07, 6.45) is 2.10. The lowest BCUT2D eigenvalue weighted by Crippen LogP contribution is -2.58. The number of piperidine rings is 1. The third-order valence-electron chi connectivity index (χ3n) is 5.35. The van der Waals surface area contributed by atoms with E-state index in [1.807, 2.05) is 30.3 Å². The zero-order valence-electron chi connectivity index (χ0n) is 17.8. The van der Waals surface area contributed by atoms with Crippen LogP contribution in [-0.4, -0.2) is 59.1 Å². The van der Waals surface area contributed by atoms with Crippen molar-refractivity contribution in [2.45, 2.75) is 52.7 Å². The molecule has 1 heterocycles. The molecule has 1 N–H and O–H groups in total. The van der Waals surface area contributed by atoms with Gasteiger partial charge < -0.3 is 14.7 Å². The number of ether oxygens (including phenoxy) is 1. The Balaban J connectivity index is 2.25. The number of hydrogen-bond acceptors (Lipinski definition) is 4. The van der Waals surface area contributed by atoms with Gasteiger partial charge >= 0.3 is 12.1 Å². The quantitative estimate of drug-likeness (QED) is 0.785. The van der Waals surface area contributed by atoms with E-state index in [2.05, 4.69) is 0 Å². The predicted octanol–water partition coefficient (Wildman–Crippen LogP) is 3.38. The van der Waals surface area contributed by atoms with E-state index in [-0.39, 0.29) is 12.5 Å². The van der Waals surface area contributed by atoms with Crippen LogP contribution in [0.4, 0.5) is 4.79 Å². The van der Waals surface area contributed by atoms with Gasteiger partial charge in [-0.2, -0.15) is 0 Å². The molecule has 2 atom stereocenters. The Labute approximate surface area is 172 Å².